The van der Waals surface area contributed by atoms with Crippen molar-refractivity contribution in [2.45, 2.75) is 31.5 Å². The Labute approximate surface area is 105 Å². The van der Waals surface area contributed by atoms with Crippen LogP contribution in [0.5, 0.6) is 0 Å². The number of hydrogen-bond acceptors (Lipinski definition) is 1. The molecule has 0 heterocycles. The van der Waals surface area contributed by atoms with Crippen LogP contribution in [0.2, 0.25) is 19.6 Å². The zero-order chi connectivity index (χ0) is 12.7. The highest BCUT2D eigenvalue weighted by molar-refractivity contribution is 6.70. The van der Waals surface area contributed by atoms with E-state index in [9.17, 15) is 0 Å². The zero-order valence-electron chi connectivity index (χ0n) is 10.9. The van der Waals surface area contributed by atoms with E-state index in [1.165, 1.54) is 11.1 Å². The van der Waals surface area contributed by atoms with Gasteiger partial charge in [0.15, 0.2) is 0 Å². The summed E-state index contributed by atoms with van der Waals surface area (Å²) in [5.41, 5.74) is 2.36. The first-order chi connectivity index (χ1) is 7.86. The third-order valence-electron chi connectivity index (χ3n) is 3.13. The van der Waals surface area contributed by atoms with E-state index >= 15 is 0 Å². The van der Waals surface area contributed by atoms with Gasteiger partial charge < -0.3 is 4.43 Å². The van der Waals surface area contributed by atoms with Gasteiger partial charge in [-0.2, -0.15) is 0 Å². The van der Waals surface area contributed by atoms with Crippen LogP contribution in [0.3, 0.4) is 0 Å². The van der Waals surface area contributed by atoms with Crippen LogP contribution in [0.1, 0.15) is 12.0 Å². The summed E-state index contributed by atoms with van der Waals surface area (Å²) in [6.45, 7) is 14.8. The largest absolute Gasteiger partial charge is 0.547 e. The summed E-state index contributed by atoms with van der Waals surface area (Å²) < 4.78 is 6.07. The molecule has 1 aliphatic rings. The minimum absolute atomic E-state index is 0.110. The van der Waals surface area contributed by atoms with Gasteiger partial charge in [-0.05, 0) is 31.6 Å². The highest BCUT2D eigenvalue weighted by Crippen LogP contribution is 2.58. The Balaban J connectivity index is 2.29. The van der Waals surface area contributed by atoms with E-state index in [2.05, 4.69) is 57.1 Å². The van der Waals surface area contributed by atoms with Gasteiger partial charge >= 0.3 is 0 Å². The van der Waals surface area contributed by atoms with Crippen LogP contribution in [-0.2, 0) is 9.84 Å². The van der Waals surface area contributed by atoms with E-state index in [1.54, 1.807) is 0 Å². The predicted octanol–water partition coefficient (Wildman–Crippen LogP) is 4.25. The molecule has 1 saturated carbocycles. The molecule has 2 rings (SSSR count). The lowest BCUT2D eigenvalue weighted by atomic mass is 9.93. The number of benzene rings is 1. The molecule has 0 aliphatic heterocycles. The van der Waals surface area contributed by atoms with Crippen molar-refractivity contribution in [2.24, 2.45) is 0 Å². The molecule has 0 amide bonds. The van der Waals surface area contributed by atoms with Crippen molar-refractivity contribution in [3.05, 3.63) is 60.4 Å². The Morgan fingerprint density at radius 3 is 2.18 bits per heavy atom. The minimum Gasteiger partial charge on any atom is -0.547 e. The lowest BCUT2D eigenvalue weighted by Crippen LogP contribution is -2.28. The Kier molecular flexibility index (Phi) is 2.78. The maximum atomic E-state index is 6.07. The van der Waals surface area contributed by atoms with Gasteiger partial charge in [0.1, 0.15) is 0 Å². The van der Waals surface area contributed by atoms with E-state index in [4.69, 9.17) is 4.43 Å². The van der Waals surface area contributed by atoms with Gasteiger partial charge in [0, 0.05) is 0 Å². The van der Waals surface area contributed by atoms with Gasteiger partial charge in [0.05, 0.1) is 11.2 Å². The van der Waals surface area contributed by atoms with Crippen molar-refractivity contribution in [2.75, 3.05) is 0 Å². The van der Waals surface area contributed by atoms with Crippen molar-refractivity contribution in [3.63, 3.8) is 0 Å². The van der Waals surface area contributed by atoms with Crippen molar-refractivity contribution in [1.29, 1.82) is 0 Å². The molecule has 1 aliphatic carbocycles. The maximum Gasteiger partial charge on any atom is 0.241 e. The Morgan fingerprint density at radius 1 is 1.24 bits per heavy atom. The van der Waals surface area contributed by atoms with Crippen molar-refractivity contribution in [3.8, 4) is 0 Å². The van der Waals surface area contributed by atoms with Gasteiger partial charge in [-0.1, -0.05) is 49.1 Å². The van der Waals surface area contributed by atoms with Gasteiger partial charge in [0.25, 0.3) is 0 Å². The molecule has 0 bridgehead atoms. The summed E-state index contributed by atoms with van der Waals surface area (Å²) in [5, 5.41) is 0. The van der Waals surface area contributed by atoms with Crippen LogP contribution in [-0.4, -0.2) is 8.32 Å². The molecule has 0 radical (unpaired) electrons. The fourth-order valence-corrected chi connectivity index (χ4v) is 3.13. The van der Waals surface area contributed by atoms with E-state index in [-0.39, 0.29) is 5.41 Å². The lowest BCUT2D eigenvalue weighted by molar-refractivity contribution is 0.379. The van der Waals surface area contributed by atoms with Gasteiger partial charge in [-0.15, -0.1) is 0 Å². The van der Waals surface area contributed by atoms with Crippen LogP contribution in [0.25, 0.3) is 0 Å². The first-order valence-corrected chi connectivity index (χ1v) is 9.39. The standard InChI is InChI=1S/C15H20OSi/c1-12-11-15(12,13(2)16-17(3,4)5)14-9-7-6-8-10-14/h6-10H,1-2,11H2,3-5H3. The summed E-state index contributed by atoms with van der Waals surface area (Å²) in [5.74, 6) is 0.882. The fourth-order valence-electron chi connectivity index (χ4n) is 2.22. The molecule has 1 unspecified atom stereocenters. The van der Waals surface area contributed by atoms with Crippen LogP contribution in [0.15, 0.2) is 54.8 Å². The topological polar surface area (TPSA) is 9.23 Å². The second-order valence-corrected chi connectivity index (χ2v) is 10.1. The van der Waals surface area contributed by atoms with Crippen molar-refractivity contribution in [1.82, 2.24) is 0 Å². The van der Waals surface area contributed by atoms with Gasteiger partial charge in [-0.3, -0.25) is 0 Å². The second-order valence-electron chi connectivity index (χ2n) is 5.69. The first kappa shape index (κ1) is 12.2. The van der Waals surface area contributed by atoms with Gasteiger partial charge in [-0.25, -0.2) is 0 Å². The second kappa shape index (κ2) is 3.88. The zero-order valence-corrected chi connectivity index (χ0v) is 11.9. The third kappa shape index (κ3) is 2.22. The molecule has 0 N–H and O–H groups in total. The molecule has 17 heavy (non-hydrogen) atoms. The van der Waals surface area contributed by atoms with Crippen LogP contribution in [0.4, 0.5) is 0 Å². The molecule has 0 saturated heterocycles. The third-order valence-corrected chi connectivity index (χ3v) is 3.99. The predicted molar refractivity (Wildman–Crippen MR) is 75.4 cm³/mol. The molecule has 1 fully saturated rings. The van der Waals surface area contributed by atoms with Gasteiger partial charge in [0.2, 0.25) is 8.32 Å². The number of rotatable bonds is 4. The average molecular weight is 244 g/mol. The monoisotopic (exact) mass is 244 g/mol. The molecule has 1 aromatic carbocycles. The van der Waals surface area contributed by atoms with E-state index < -0.39 is 8.32 Å². The Hall–Kier alpha value is -1.28. The summed E-state index contributed by atoms with van der Waals surface area (Å²) >= 11 is 0. The van der Waals surface area contributed by atoms with E-state index in [0.717, 1.165) is 12.2 Å². The molecular weight excluding hydrogens is 224 g/mol. The van der Waals surface area contributed by atoms with Crippen LogP contribution >= 0.6 is 0 Å². The van der Waals surface area contributed by atoms with E-state index in [1.807, 2.05) is 6.07 Å². The minimum atomic E-state index is -1.59. The molecule has 90 valence electrons. The SMILES string of the molecule is C=C1CC1(C(=C)O[Si](C)(C)C)c1ccccc1. The molecule has 1 aromatic rings. The van der Waals surface area contributed by atoms with Crippen LogP contribution in [0, 0.1) is 0 Å². The molecule has 2 heteroatoms. The highest BCUT2D eigenvalue weighted by Gasteiger charge is 2.53. The Bertz CT molecular complexity index is 456. The molecule has 0 spiro atoms. The smallest absolute Gasteiger partial charge is 0.241 e. The fraction of sp³-hybridized carbons (Fsp3) is 0.333. The van der Waals surface area contributed by atoms with E-state index in [0.29, 0.717) is 0 Å². The molecule has 1 atom stereocenters. The lowest BCUT2D eigenvalue weighted by Gasteiger charge is -2.27. The quantitative estimate of drug-likeness (QED) is 0.437. The normalized spacial score (nSPS) is 23.4. The average Bonchev–Trinajstić information content (AvgIpc) is 2.90. The molecular formula is C15H20OSi. The summed E-state index contributed by atoms with van der Waals surface area (Å²) in [4.78, 5) is 0. The Morgan fingerprint density at radius 2 is 1.76 bits per heavy atom. The summed E-state index contributed by atoms with van der Waals surface area (Å²) in [6.07, 6.45) is 0.973. The molecule has 0 aromatic heterocycles. The van der Waals surface area contributed by atoms with Crippen LogP contribution < -0.4 is 0 Å². The first-order valence-electron chi connectivity index (χ1n) is 5.98. The van der Waals surface area contributed by atoms with Crippen molar-refractivity contribution >= 4 is 8.32 Å². The number of hydrogen-bond donors (Lipinski definition) is 0. The number of allylic oxidation sites excluding steroid dienone is 1. The highest BCUT2D eigenvalue weighted by atomic mass is 28.4. The van der Waals surface area contributed by atoms with Crippen molar-refractivity contribution < 1.29 is 4.43 Å². The molecule has 1 nitrogen and oxygen atoms in total. The summed E-state index contributed by atoms with van der Waals surface area (Å²) in [6, 6.07) is 10.4. The summed E-state index contributed by atoms with van der Waals surface area (Å²) in [7, 11) is -1.59. The maximum absolute atomic E-state index is 6.07.